The molecule has 7 nitrogen and oxygen atoms in total. The molecule has 1 N–H and O–H groups in total. The molecule has 0 aliphatic carbocycles. The van der Waals surface area contributed by atoms with E-state index in [4.69, 9.17) is 25.8 Å². The zero-order valence-corrected chi connectivity index (χ0v) is 24.1. The standard InChI is InChI=1S/C33H32ClFN2O5/c1-40-29-17-14-23(20-30(29)41-2)18-19-36-33(39)32(25-8-4-3-5-9-25)37(21-24-12-15-26(35)16-13-24)31(38)22-42-28-11-7-6-10-27(28)34/h3-17,20,32H,18-19,21-22H2,1-2H3,(H,36,39)/t32-/m0/s1. The van der Waals surface area contributed by atoms with Gasteiger partial charge in [0, 0.05) is 13.1 Å². The average molecular weight is 591 g/mol. The van der Waals surface area contributed by atoms with Gasteiger partial charge >= 0.3 is 0 Å². The fraction of sp³-hybridized carbons (Fsp3) is 0.212. The molecule has 0 aliphatic heterocycles. The van der Waals surface area contributed by atoms with E-state index >= 15 is 0 Å². The summed E-state index contributed by atoms with van der Waals surface area (Å²) in [4.78, 5) is 29.0. The van der Waals surface area contributed by atoms with E-state index in [1.165, 1.54) is 17.0 Å². The first kappa shape index (κ1) is 30.4. The summed E-state index contributed by atoms with van der Waals surface area (Å²) in [6.07, 6.45) is 0.523. The first-order chi connectivity index (χ1) is 20.4. The summed E-state index contributed by atoms with van der Waals surface area (Å²) in [5.41, 5.74) is 2.22. The van der Waals surface area contributed by atoms with Crippen molar-refractivity contribution >= 4 is 23.4 Å². The Kier molecular flexibility index (Phi) is 10.8. The van der Waals surface area contributed by atoms with E-state index in [9.17, 15) is 14.0 Å². The molecular formula is C33H32ClFN2O5. The molecule has 0 saturated heterocycles. The number of nitrogens with zero attached hydrogens (tertiary/aromatic N) is 1. The molecule has 0 saturated carbocycles. The van der Waals surface area contributed by atoms with Crippen molar-refractivity contribution in [3.05, 3.63) is 125 Å². The third kappa shape index (κ3) is 8.01. The molecule has 0 heterocycles. The Labute approximate surface area is 249 Å². The van der Waals surface area contributed by atoms with Gasteiger partial charge < -0.3 is 24.4 Å². The lowest BCUT2D eigenvalue weighted by Crippen LogP contribution is -2.45. The first-order valence-corrected chi connectivity index (χ1v) is 13.7. The van der Waals surface area contributed by atoms with E-state index in [1.54, 1.807) is 74.9 Å². The van der Waals surface area contributed by atoms with Crippen LogP contribution in [0.3, 0.4) is 0 Å². The Morgan fingerprint density at radius 3 is 2.19 bits per heavy atom. The van der Waals surface area contributed by atoms with Crippen LogP contribution in [0, 0.1) is 5.82 Å². The van der Waals surface area contributed by atoms with E-state index in [0.29, 0.717) is 46.4 Å². The number of hydrogen-bond acceptors (Lipinski definition) is 5. The van der Waals surface area contributed by atoms with Crippen molar-refractivity contribution in [2.75, 3.05) is 27.4 Å². The molecule has 4 aromatic carbocycles. The smallest absolute Gasteiger partial charge is 0.261 e. The summed E-state index contributed by atoms with van der Waals surface area (Å²) in [5.74, 6) is 0.357. The van der Waals surface area contributed by atoms with Crippen LogP contribution in [-0.2, 0) is 22.6 Å². The molecule has 0 aromatic heterocycles. The molecule has 4 aromatic rings. The highest BCUT2D eigenvalue weighted by molar-refractivity contribution is 6.32. The lowest BCUT2D eigenvalue weighted by Gasteiger charge is -2.31. The Bertz CT molecular complexity index is 1480. The normalized spacial score (nSPS) is 11.3. The van der Waals surface area contributed by atoms with Crippen LogP contribution in [0.2, 0.25) is 5.02 Å². The van der Waals surface area contributed by atoms with Crippen LogP contribution in [-0.4, -0.2) is 44.1 Å². The lowest BCUT2D eigenvalue weighted by atomic mass is 10.0. The number of rotatable bonds is 13. The summed E-state index contributed by atoms with van der Waals surface area (Å²) in [5, 5.41) is 3.35. The van der Waals surface area contributed by atoms with E-state index in [0.717, 1.165) is 5.56 Å². The van der Waals surface area contributed by atoms with Gasteiger partial charge in [-0.2, -0.15) is 0 Å². The van der Waals surface area contributed by atoms with Gasteiger partial charge in [0.25, 0.3) is 5.91 Å². The van der Waals surface area contributed by atoms with Crippen molar-refractivity contribution in [1.82, 2.24) is 10.2 Å². The molecule has 42 heavy (non-hydrogen) atoms. The van der Waals surface area contributed by atoms with Crippen molar-refractivity contribution in [3.63, 3.8) is 0 Å². The topological polar surface area (TPSA) is 77.1 Å². The molecule has 9 heteroatoms. The third-order valence-corrected chi connectivity index (χ3v) is 6.92. The van der Waals surface area contributed by atoms with Gasteiger partial charge in [0.1, 0.15) is 17.6 Å². The zero-order valence-electron chi connectivity index (χ0n) is 23.4. The molecule has 0 bridgehead atoms. The van der Waals surface area contributed by atoms with Crippen LogP contribution >= 0.6 is 11.6 Å². The average Bonchev–Trinajstić information content (AvgIpc) is 3.01. The van der Waals surface area contributed by atoms with Gasteiger partial charge in [-0.15, -0.1) is 0 Å². The van der Waals surface area contributed by atoms with Gasteiger partial charge in [0.15, 0.2) is 18.1 Å². The van der Waals surface area contributed by atoms with Crippen molar-refractivity contribution < 1.29 is 28.2 Å². The van der Waals surface area contributed by atoms with E-state index in [2.05, 4.69) is 5.32 Å². The number of carbonyl (C=O) groups is 2. The highest BCUT2D eigenvalue weighted by Crippen LogP contribution is 2.28. The van der Waals surface area contributed by atoms with Crippen molar-refractivity contribution in [3.8, 4) is 17.2 Å². The number of amides is 2. The highest BCUT2D eigenvalue weighted by Gasteiger charge is 2.32. The minimum Gasteiger partial charge on any atom is -0.493 e. The van der Waals surface area contributed by atoms with Crippen LogP contribution in [0.5, 0.6) is 17.2 Å². The Hall–Kier alpha value is -4.56. The van der Waals surface area contributed by atoms with Gasteiger partial charge in [0.05, 0.1) is 19.2 Å². The van der Waals surface area contributed by atoms with Gasteiger partial charge in [0.2, 0.25) is 5.91 Å². The Morgan fingerprint density at radius 2 is 1.50 bits per heavy atom. The molecule has 218 valence electrons. The molecule has 0 unspecified atom stereocenters. The highest BCUT2D eigenvalue weighted by atomic mass is 35.5. The van der Waals surface area contributed by atoms with Gasteiger partial charge in [-0.3, -0.25) is 9.59 Å². The van der Waals surface area contributed by atoms with Crippen LogP contribution in [0.15, 0.2) is 97.1 Å². The predicted octanol–water partition coefficient (Wildman–Crippen LogP) is 6.00. The quantitative estimate of drug-likeness (QED) is 0.207. The Morgan fingerprint density at radius 1 is 0.833 bits per heavy atom. The molecule has 0 fully saturated rings. The number of benzene rings is 4. The van der Waals surface area contributed by atoms with E-state index < -0.39 is 17.8 Å². The summed E-state index contributed by atoms with van der Waals surface area (Å²) in [6, 6.07) is 26.3. The van der Waals surface area contributed by atoms with Crippen molar-refractivity contribution in [1.29, 1.82) is 0 Å². The summed E-state index contributed by atoms with van der Waals surface area (Å²) < 4.78 is 30.1. The lowest BCUT2D eigenvalue weighted by molar-refractivity contribution is -0.143. The second-order valence-electron chi connectivity index (χ2n) is 9.41. The van der Waals surface area contributed by atoms with Crippen LogP contribution in [0.4, 0.5) is 4.39 Å². The fourth-order valence-corrected chi connectivity index (χ4v) is 4.66. The van der Waals surface area contributed by atoms with Crippen LogP contribution < -0.4 is 19.5 Å². The van der Waals surface area contributed by atoms with Crippen molar-refractivity contribution in [2.24, 2.45) is 0 Å². The number of hydrogen-bond donors (Lipinski definition) is 1. The minimum atomic E-state index is -0.982. The maximum atomic E-state index is 13.8. The maximum absolute atomic E-state index is 13.8. The number of carbonyl (C=O) groups excluding carboxylic acids is 2. The molecule has 0 radical (unpaired) electrons. The summed E-state index contributed by atoms with van der Waals surface area (Å²) in [6.45, 7) is 0.00713. The minimum absolute atomic E-state index is 0.0493. The van der Waals surface area contributed by atoms with Gasteiger partial charge in [-0.05, 0) is 59.5 Å². The Balaban J connectivity index is 1.58. The molecule has 0 aliphatic rings. The van der Waals surface area contributed by atoms with Crippen LogP contribution in [0.25, 0.3) is 0 Å². The number of nitrogens with one attached hydrogen (secondary N) is 1. The predicted molar refractivity (Wildman–Crippen MR) is 159 cm³/mol. The fourth-order valence-electron chi connectivity index (χ4n) is 4.47. The summed E-state index contributed by atoms with van der Waals surface area (Å²) >= 11 is 6.22. The number of para-hydroxylation sites is 1. The molecule has 2 amide bonds. The van der Waals surface area contributed by atoms with Gasteiger partial charge in [-0.1, -0.05) is 72.3 Å². The molecular weight excluding hydrogens is 559 g/mol. The van der Waals surface area contributed by atoms with E-state index in [-0.39, 0.29) is 19.1 Å². The molecule has 0 spiro atoms. The van der Waals surface area contributed by atoms with Crippen molar-refractivity contribution in [2.45, 2.75) is 19.0 Å². The number of methoxy groups -OCH3 is 2. The second kappa shape index (κ2) is 14.9. The van der Waals surface area contributed by atoms with E-state index in [1.807, 2.05) is 24.3 Å². The maximum Gasteiger partial charge on any atom is 0.261 e. The number of ether oxygens (including phenoxy) is 3. The molecule has 1 atom stereocenters. The second-order valence-corrected chi connectivity index (χ2v) is 9.82. The third-order valence-electron chi connectivity index (χ3n) is 6.61. The SMILES string of the molecule is COc1ccc(CCNC(=O)[C@H](c2ccccc2)N(Cc2ccc(F)cc2)C(=O)COc2ccccc2Cl)cc1OC. The monoisotopic (exact) mass is 590 g/mol. The van der Waals surface area contributed by atoms with Gasteiger partial charge in [-0.25, -0.2) is 4.39 Å². The first-order valence-electron chi connectivity index (χ1n) is 13.3. The molecule has 4 rings (SSSR count). The van der Waals surface area contributed by atoms with Crippen LogP contribution in [0.1, 0.15) is 22.7 Å². The zero-order chi connectivity index (χ0) is 29.9. The number of halogens is 2. The summed E-state index contributed by atoms with van der Waals surface area (Å²) in [7, 11) is 3.13. The largest absolute Gasteiger partial charge is 0.493 e.